The number of rotatable bonds is 2. The fourth-order valence-electron chi connectivity index (χ4n) is 2.07. The van der Waals surface area contributed by atoms with E-state index in [0.717, 1.165) is 19.0 Å². The highest BCUT2D eigenvalue weighted by Crippen LogP contribution is 2.30. The zero-order chi connectivity index (χ0) is 12.5. The van der Waals surface area contributed by atoms with Crippen LogP contribution in [0, 0.1) is 5.82 Å². The van der Waals surface area contributed by atoms with Crippen molar-refractivity contribution in [2.45, 2.75) is 25.2 Å². The molecule has 3 rings (SSSR count). The van der Waals surface area contributed by atoms with Gasteiger partial charge in [-0.15, -0.1) is 0 Å². The highest BCUT2D eigenvalue weighted by molar-refractivity contribution is 5.86. The van der Waals surface area contributed by atoms with Gasteiger partial charge in [-0.2, -0.15) is 4.98 Å². The summed E-state index contributed by atoms with van der Waals surface area (Å²) in [5.74, 6) is 0.0423. The average Bonchev–Trinajstić information content (AvgIpc) is 2.98. The van der Waals surface area contributed by atoms with Crippen LogP contribution in [0.15, 0.2) is 22.9 Å². The van der Waals surface area contributed by atoms with Gasteiger partial charge in [0, 0.05) is 6.42 Å². The lowest BCUT2D eigenvalue weighted by Gasteiger charge is -1.98. The van der Waals surface area contributed by atoms with Gasteiger partial charge in [0.1, 0.15) is 17.3 Å². The number of hydrogen-bond donors (Lipinski definition) is 0. The third-order valence-corrected chi connectivity index (χ3v) is 3.00. The van der Waals surface area contributed by atoms with Gasteiger partial charge in [0.05, 0.1) is 12.1 Å². The van der Waals surface area contributed by atoms with Crippen molar-refractivity contribution in [3.8, 4) is 11.5 Å². The number of carbonyl (C=O) groups excluding carboxylic acids is 1. The van der Waals surface area contributed by atoms with E-state index in [1.165, 1.54) is 12.1 Å². The summed E-state index contributed by atoms with van der Waals surface area (Å²) < 4.78 is 17.8. The van der Waals surface area contributed by atoms with Crippen LogP contribution in [0.1, 0.15) is 31.1 Å². The third kappa shape index (κ3) is 1.90. The van der Waals surface area contributed by atoms with Gasteiger partial charge in [0.2, 0.25) is 11.7 Å². The normalized spacial score (nSPS) is 19.4. The molecule has 1 atom stereocenters. The number of pyridine rings is 1. The smallest absolute Gasteiger partial charge is 0.237 e. The minimum atomic E-state index is -0.423. The fraction of sp³-hybridized carbons (Fsp3) is 0.333. The van der Waals surface area contributed by atoms with E-state index in [1.54, 1.807) is 0 Å². The van der Waals surface area contributed by atoms with Crippen LogP contribution in [0.4, 0.5) is 4.39 Å². The SMILES string of the molecule is O=C1CCCC1c1nc(-c2ccc(F)cn2)no1. The van der Waals surface area contributed by atoms with Crippen molar-refractivity contribution in [3.63, 3.8) is 0 Å². The highest BCUT2D eigenvalue weighted by Gasteiger charge is 2.31. The first kappa shape index (κ1) is 11.0. The van der Waals surface area contributed by atoms with Crippen molar-refractivity contribution in [2.24, 2.45) is 0 Å². The molecular formula is C12H10FN3O2. The van der Waals surface area contributed by atoms with Gasteiger partial charge in [-0.05, 0) is 25.0 Å². The summed E-state index contributed by atoms with van der Waals surface area (Å²) in [5.41, 5.74) is 0.428. The first-order valence-electron chi connectivity index (χ1n) is 5.72. The summed E-state index contributed by atoms with van der Waals surface area (Å²) in [5, 5.41) is 3.77. The predicted octanol–water partition coefficient (Wildman–Crippen LogP) is 2.11. The molecule has 18 heavy (non-hydrogen) atoms. The maximum atomic E-state index is 12.7. The lowest BCUT2D eigenvalue weighted by atomic mass is 10.1. The maximum Gasteiger partial charge on any atom is 0.237 e. The first-order valence-corrected chi connectivity index (χ1v) is 5.72. The van der Waals surface area contributed by atoms with Gasteiger partial charge in [-0.25, -0.2) is 9.37 Å². The van der Waals surface area contributed by atoms with E-state index in [-0.39, 0.29) is 17.5 Å². The van der Waals surface area contributed by atoms with Crippen molar-refractivity contribution in [2.75, 3.05) is 0 Å². The summed E-state index contributed by atoms with van der Waals surface area (Å²) in [6.07, 6.45) is 3.26. The van der Waals surface area contributed by atoms with E-state index in [9.17, 15) is 9.18 Å². The molecule has 1 fully saturated rings. The monoisotopic (exact) mass is 247 g/mol. The van der Waals surface area contributed by atoms with Crippen LogP contribution in [0.5, 0.6) is 0 Å². The van der Waals surface area contributed by atoms with Crippen molar-refractivity contribution < 1.29 is 13.7 Å². The Morgan fingerprint density at radius 3 is 2.94 bits per heavy atom. The molecule has 5 nitrogen and oxygen atoms in total. The Labute approximate surface area is 102 Å². The lowest BCUT2D eigenvalue weighted by molar-refractivity contribution is -0.119. The Bertz CT molecular complexity index is 579. The van der Waals surface area contributed by atoms with Crippen LogP contribution in [0.25, 0.3) is 11.5 Å². The second kappa shape index (κ2) is 4.29. The van der Waals surface area contributed by atoms with Gasteiger partial charge >= 0.3 is 0 Å². The van der Waals surface area contributed by atoms with Crippen molar-refractivity contribution in [3.05, 3.63) is 30.0 Å². The topological polar surface area (TPSA) is 68.9 Å². The molecule has 2 aromatic heterocycles. The van der Waals surface area contributed by atoms with Gasteiger partial charge in [-0.1, -0.05) is 5.16 Å². The minimum Gasteiger partial charge on any atom is -0.338 e. The van der Waals surface area contributed by atoms with Crippen molar-refractivity contribution in [1.29, 1.82) is 0 Å². The third-order valence-electron chi connectivity index (χ3n) is 3.00. The highest BCUT2D eigenvalue weighted by atomic mass is 19.1. The molecule has 0 N–H and O–H groups in total. The molecule has 1 aliphatic carbocycles. The zero-order valence-electron chi connectivity index (χ0n) is 9.47. The summed E-state index contributed by atoms with van der Waals surface area (Å²) in [4.78, 5) is 19.6. The Morgan fingerprint density at radius 2 is 2.28 bits per heavy atom. The van der Waals surface area contributed by atoms with Crippen LogP contribution in [0.3, 0.4) is 0 Å². The zero-order valence-corrected chi connectivity index (χ0v) is 9.47. The number of hydrogen-bond acceptors (Lipinski definition) is 5. The molecule has 1 saturated carbocycles. The van der Waals surface area contributed by atoms with E-state index >= 15 is 0 Å². The van der Waals surface area contributed by atoms with E-state index < -0.39 is 5.82 Å². The standard InChI is InChI=1S/C12H10FN3O2/c13-7-4-5-9(14-6-7)11-15-12(18-16-11)8-2-1-3-10(8)17/h4-6,8H,1-3H2. The molecule has 2 heterocycles. The molecule has 6 heteroatoms. The van der Waals surface area contributed by atoms with Crippen LogP contribution >= 0.6 is 0 Å². The maximum absolute atomic E-state index is 12.7. The number of nitrogens with zero attached hydrogens (tertiary/aromatic N) is 3. The van der Waals surface area contributed by atoms with E-state index in [1.807, 2.05) is 0 Å². The molecule has 0 aliphatic heterocycles. The number of aromatic nitrogens is 3. The van der Waals surface area contributed by atoms with E-state index in [4.69, 9.17) is 4.52 Å². The summed E-state index contributed by atoms with van der Waals surface area (Å²) in [6, 6.07) is 2.75. The minimum absolute atomic E-state index is 0.136. The predicted molar refractivity (Wildman–Crippen MR) is 59.1 cm³/mol. The van der Waals surface area contributed by atoms with E-state index in [0.29, 0.717) is 18.0 Å². The second-order valence-electron chi connectivity index (χ2n) is 4.23. The molecular weight excluding hydrogens is 237 g/mol. The quantitative estimate of drug-likeness (QED) is 0.812. The summed E-state index contributed by atoms with van der Waals surface area (Å²) in [7, 11) is 0. The van der Waals surface area contributed by atoms with Crippen molar-refractivity contribution >= 4 is 5.78 Å². The molecule has 2 aromatic rings. The van der Waals surface area contributed by atoms with Gasteiger partial charge in [0.15, 0.2) is 0 Å². The molecule has 1 aliphatic rings. The van der Waals surface area contributed by atoms with E-state index in [2.05, 4.69) is 15.1 Å². The van der Waals surface area contributed by atoms with Crippen LogP contribution in [-0.2, 0) is 4.79 Å². The summed E-state index contributed by atoms with van der Waals surface area (Å²) in [6.45, 7) is 0. The Kier molecular flexibility index (Phi) is 2.62. The second-order valence-corrected chi connectivity index (χ2v) is 4.23. The average molecular weight is 247 g/mol. The first-order chi connectivity index (χ1) is 8.74. The number of carbonyl (C=O) groups is 1. The van der Waals surface area contributed by atoms with Crippen LogP contribution in [-0.4, -0.2) is 20.9 Å². The van der Waals surface area contributed by atoms with Crippen LogP contribution in [0.2, 0.25) is 0 Å². The van der Waals surface area contributed by atoms with Crippen molar-refractivity contribution in [1.82, 2.24) is 15.1 Å². The van der Waals surface area contributed by atoms with Gasteiger partial charge < -0.3 is 4.52 Å². The lowest BCUT2D eigenvalue weighted by Crippen LogP contribution is -2.04. The molecule has 0 radical (unpaired) electrons. The Balaban J connectivity index is 1.89. The molecule has 0 spiro atoms. The summed E-state index contributed by atoms with van der Waals surface area (Å²) >= 11 is 0. The Morgan fingerprint density at radius 1 is 1.39 bits per heavy atom. The van der Waals surface area contributed by atoms with Gasteiger partial charge in [-0.3, -0.25) is 4.79 Å². The van der Waals surface area contributed by atoms with Gasteiger partial charge in [0.25, 0.3) is 0 Å². The molecule has 0 amide bonds. The molecule has 0 bridgehead atoms. The molecule has 0 saturated heterocycles. The number of halogens is 1. The molecule has 0 aromatic carbocycles. The number of ketones is 1. The molecule has 1 unspecified atom stereocenters. The fourth-order valence-corrected chi connectivity index (χ4v) is 2.07. The largest absolute Gasteiger partial charge is 0.338 e. The van der Waals surface area contributed by atoms with Crippen LogP contribution < -0.4 is 0 Å². The number of Topliss-reactive ketones (excluding diaryl/α,β-unsaturated/α-hetero) is 1. The Hall–Kier alpha value is -2.11. The molecule has 92 valence electrons.